The first-order valence-electron chi connectivity index (χ1n) is 10.1. The van der Waals surface area contributed by atoms with E-state index in [0.717, 1.165) is 50.8 Å². The van der Waals surface area contributed by atoms with Crippen molar-refractivity contribution in [2.24, 2.45) is 5.92 Å². The number of fused-ring (bicyclic) bond motifs is 2. The first kappa shape index (κ1) is 18.4. The maximum atomic E-state index is 13.0. The number of nitrogens with one attached hydrogen (secondary N) is 1. The van der Waals surface area contributed by atoms with E-state index < -0.39 is 0 Å². The molecule has 5 nitrogen and oxygen atoms in total. The van der Waals surface area contributed by atoms with Gasteiger partial charge in [0.25, 0.3) is 0 Å². The predicted octanol–water partition coefficient (Wildman–Crippen LogP) is 1.96. The minimum atomic E-state index is -0.203. The zero-order valence-corrected chi connectivity index (χ0v) is 15.7. The smallest absolute Gasteiger partial charge is 0.242 e. The Hall–Kier alpha value is -1.95. The summed E-state index contributed by atoms with van der Waals surface area (Å²) >= 11 is 0. The number of hydrogen-bond acceptors (Lipinski definition) is 3. The van der Waals surface area contributed by atoms with Gasteiger partial charge in [0, 0.05) is 38.1 Å². The molecule has 2 atom stereocenters. The zero-order chi connectivity index (χ0) is 18.8. The molecule has 2 amide bonds. The summed E-state index contributed by atoms with van der Waals surface area (Å²) in [6.45, 7) is 2.36. The van der Waals surface area contributed by atoms with Crippen LogP contribution in [0.4, 0.5) is 4.39 Å². The first-order valence-corrected chi connectivity index (χ1v) is 10.1. The van der Waals surface area contributed by atoms with Gasteiger partial charge in [-0.2, -0.15) is 0 Å². The lowest BCUT2D eigenvalue weighted by molar-refractivity contribution is -0.141. The standard InChI is InChI=1S/C21H28FN3O2/c22-17-3-1-15(2-4-17)11-16-7-9-24(10-8-16)21(27)14-25-13-19-6-5-18(23-19)12-20(25)26/h1-4,16,18-19,23H,5-14H2/t18-,19+/m0/s1. The number of amides is 2. The lowest BCUT2D eigenvalue weighted by Gasteiger charge is -2.34. The van der Waals surface area contributed by atoms with Gasteiger partial charge < -0.3 is 15.1 Å². The van der Waals surface area contributed by atoms with Gasteiger partial charge in [-0.25, -0.2) is 4.39 Å². The molecule has 6 heteroatoms. The fourth-order valence-electron chi connectivity index (χ4n) is 4.67. The van der Waals surface area contributed by atoms with Gasteiger partial charge in [-0.3, -0.25) is 9.59 Å². The molecule has 0 unspecified atom stereocenters. The highest BCUT2D eigenvalue weighted by Crippen LogP contribution is 2.24. The quantitative estimate of drug-likeness (QED) is 0.878. The Morgan fingerprint density at radius 3 is 2.52 bits per heavy atom. The molecule has 3 saturated heterocycles. The first-order chi connectivity index (χ1) is 13.1. The molecular formula is C21H28FN3O2. The normalized spacial score (nSPS) is 26.3. The molecule has 3 aliphatic rings. The van der Waals surface area contributed by atoms with Crippen molar-refractivity contribution < 1.29 is 14.0 Å². The predicted molar refractivity (Wildman–Crippen MR) is 101 cm³/mol. The molecular weight excluding hydrogens is 345 g/mol. The van der Waals surface area contributed by atoms with E-state index in [2.05, 4.69) is 5.32 Å². The summed E-state index contributed by atoms with van der Waals surface area (Å²) in [7, 11) is 0. The average molecular weight is 373 g/mol. The van der Waals surface area contributed by atoms with Crippen LogP contribution in [0.1, 0.15) is 37.7 Å². The Morgan fingerprint density at radius 2 is 1.78 bits per heavy atom. The van der Waals surface area contributed by atoms with Crippen LogP contribution in [0.5, 0.6) is 0 Å². The summed E-state index contributed by atoms with van der Waals surface area (Å²) in [5.41, 5.74) is 1.15. The van der Waals surface area contributed by atoms with Crippen LogP contribution in [0.15, 0.2) is 24.3 Å². The van der Waals surface area contributed by atoms with Crippen LogP contribution in [0.2, 0.25) is 0 Å². The maximum absolute atomic E-state index is 13.0. The van der Waals surface area contributed by atoms with Crippen molar-refractivity contribution >= 4 is 11.8 Å². The average Bonchev–Trinajstić information content (AvgIpc) is 3.03. The molecule has 4 rings (SSSR count). The second-order valence-corrected chi connectivity index (χ2v) is 8.27. The summed E-state index contributed by atoms with van der Waals surface area (Å²) in [5.74, 6) is 0.500. The van der Waals surface area contributed by atoms with Crippen molar-refractivity contribution in [1.82, 2.24) is 15.1 Å². The molecule has 0 radical (unpaired) electrons. The SMILES string of the molecule is O=C(CN1C[C@H]2CC[C@@H](CC1=O)N2)N1CCC(Cc2ccc(F)cc2)CC1. The highest BCUT2D eigenvalue weighted by atomic mass is 19.1. The van der Waals surface area contributed by atoms with Crippen molar-refractivity contribution in [2.45, 2.75) is 50.6 Å². The molecule has 3 aliphatic heterocycles. The topological polar surface area (TPSA) is 52.7 Å². The minimum Gasteiger partial charge on any atom is -0.341 e. The molecule has 0 aliphatic carbocycles. The van der Waals surface area contributed by atoms with Crippen LogP contribution in [0.25, 0.3) is 0 Å². The maximum Gasteiger partial charge on any atom is 0.242 e. The number of halogens is 1. The number of piperidine rings is 1. The van der Waals surface area contributed by atoms with Crippen LogP contribution < -0.4 is 5.32 Å². The van der Waals surface area contributed by atoms with Gasteiger partial charge in [0.05, 0.1) is 6.54 Å². The molecule has 146 valence electrons. The Morgan fingerprint density at radius 1 is 1.07 bits per heavy atom. The van der Waals surface area contributed by atoms with Gasteiger partial charge in [0.1, 0.15) is 5.82 Å². The Labute approximate surface area is 159 Å². The zero-order valence-electron chi connectivity index (χ0n) is 15.7. The molecule has 0 aromatic heterocycles. The van der Waals surface area contributed by atoms with E-state index in [4.69, 9.17) is 0 Å². The minimum absolute atomic E-state index is 0.0707. The molecule has 0 spiro atoms. The summed E-state index contributed by atoms with van der Waals surface area (Å²) in [6, 6.07) is 7.35. The molecule has 1 aromatic rings. The molecule has 3 heterocycles. The van der Waals surface area contributed by atoms with Gasteiger partial charge in [0.2, 0.25) is 11.8 Å². The van der Waals surface area contributed by atoms with Gasteiger partial charge >= 0.3 is 0 Å². The third-order valence-corrected chi connectivity index (χ3v) is 6.28. The van der Waals surface area contributed by atoms with Gasteiger partial charge in [-0.15, -0.1) is 0 Å². The largest absolute Gasteiger partial charge is 0.341 e. The number of likely N-dealkylation sites (tertiary alicyclic amines) is 2. The van der Waals surface area contributed by atoms with Crippen LogP contribution >= 0.6 is 0 Å². The molecule has 1 N–H and O–H groups in total. The number of hydrogen-bond donors (Lipinski definition) is 1. The van der Waals surface area contributed by atoms with Gasteiger partial charge in [0.15, 0.2) is 0 Å². The Bertz CT molecular complexity index is 685. The van der Waals surface area contributed by atoms with E-state index in [9.17, 15) is 14.0 Å². The summed E-state index contributed by atoms with van der Waals surface area (Å²) in [4.78, 5) is 28.8. The Kier molecular flexibility index (Phi) is 5.43. The van der Waals surface area contributed by atoms with Crippen LogP contribution in [-0.2, 0) is 16.0 Å². The molecule has 1 aromatic carbocycles. The molecule has 27 heavy (non-hydrogen) atoms. The number of nitrogens with zero attached hydrogens (tertiary/aromatic N) is 2. The lowest BCUT2D eigenvalue weighted by atomic mass is 9.90. The van der Waals surface area contributed by atoms with Crippen molar-refractivity contribution in [3.63, 3.8) is 0 Å². The Balaban J connectivity index is 1.26. The molecule has 3 fully saturated rings. The summed E-state index contributed by atoms with van der Waals surface area (Å²) in [6.07, 6.45) is 5.54. The summed E-state index contributed by atoms with van der Waals surface area (Å²) < 4.78 is 13.0. The second kappa shape index (κ2) is 7.97. The van der Waals surface area contributed by atoms with Crippen LogP contribution in [-0.4, -0.2) is 59.9 Å². The fourth-order valence-corrected chi connectivity index (χ4v) is 4.67. The van der Waals surface area contributed by atoms with E-state index in [1.54, 1.807) is 4.90 Å². The number of carbonyl (C=O) groups is 2. The van der Waals surface area contributed by atoms with Crippen molar-refractivity contribution in [3.8, 4) is 0 Å². The van der Waals surface area contributed by atoms with Crippen LogP contribution in [0, 0.1) is 11.7 Å². The number of benzene rings is 1. The van der Waals surface area contributed by atoms with Crippen molar-refractivity contribution in [3.05, 3.63) is 35.6 Å². The number of rotatable bonds is 4. The molecule has 0 saturated carbocycles. The molecule has 2 bridgehead atoms. The van der Waals surface area contributed by atoms with Crippen LogP contribution in [0.3, 0.4) is 0 Å². The van der Waals surface area contributed by atoms with Crippen molar-refractivity contribution in [2.75, 3.05) is 26.2 Å². The highest BCUT2D eigenvalue weighted by molar-refractivity contribution is 5.85. The van der Waals surface area contributed by atoms with Gasteiger partial charge in [-0.1, -0.05) is 12.1 Å². The van der Waals surface area contributed by atoms with E-state index in [1.165, 1.54) is 12.1 Å². The van der Waals surface area contributed by atoms with E-state index >= 15 is 0 Å². The monoisotopic (exact) mass is 373 g/mol. The van der Waals surface area contributed by atoms with Gasteiger partial charge in [-0.05, 0) is 55.7 Å². The number of carbonyl (C=O) groups excluding carboxylic acids is 2. The van der Waals surface area contributed by atoms with E-state index in [0.29, 0.717) is 31.0 Å². The van der Waals surface area contributed by atoms with Crippen molar-refractivity contribution in [1.29, 1.82) is 0 Å². The van der Waals surface area contributed by atoms with E-state index in [1.807, 2.05) is 17.0 Å². The third kappa shape index (κ3) is 4.49. The van der Waals surface area contributed by atoms with E-state index in [-0.39, 0.29) is 24.2 Å². The lowest BCUT2D eigenvalue weighted by Crippen LogP contribution is -2.47. The summed E-state index contributed by atoms with van der Waals surface area (Å²) in [5, 5.41) is 3.49. The third-order valence-electron chi connectivity index (χ3n) is 6.28. The fraction of sp³-hybridized carbons (Fsp3) is 0.619. The second-order valence-electron chi connectivity index (χ2n) is 8.27. The highest BCUT2D eigenvalue weighted by Gasteiger charge is 2.35.